The average Bonchev–Trinajstić information content (AvgIpc) is 2.93. The third-order valence-electron chi connectivity index (χ3n) is 5.86. The number of hydrogen-bond donors (Lipinski definition) is 0. The van der Waals surface area contributed by atoms with Crippen molar-refractivity contribution in [3.8, 4) is 0 Å². The minimum absolute atomic E-state index is 1.29. The van der Waals surface area contributed by atoms with Gasteiger partial charge in [0.2, 0.25) is 18.1 Å². The molecule has 1 nitrogen and oxygen atoms in total. The largest absolute Gasteiger partial charge is 0.446 e. The highest BCUT2D eigenvalue weighted by Gasteiger charge is 2.27. The summed E-state index contributed by atoms with van der Waals surface area (Å²) in [7, 11) is -3.92. The molecule has 180 valence electrons. The fourth-order valence-corrected chi connectivity index (χ4v) is 13.3. The second-order valence-corrected chi connectivity index (χ2v) is 16.8. The molecular weight excluding hydrogens is 537 g/mol. The predicted molar refractivity (Wildman–Crippen MR) is 167 cm³/mol. The van der Waals surface area contributed by atoms with Crippen molar-refractivity contribution in [2.75, 3.05) is 25.0 Å². The molecule has 0 heterocycles. The summed E-state index contributed by atoms with van der Waals surface area (Å²) in [5, 5.41) is 5.37. The van der Waals surface area contributed by atoms with Crippen LogP contribution in [0.15, 0.2) is 117 Å². The molecule has 0 unspecified atom stereocenters. The van der Waals surface area contributed by atoms with Gasteiger partial charge in [0.15, 0.2) is 0 Å². The minimum Gasteiger partial charge on any atom is -0.446 e. The maximum atomic E-state index is 7.43. The Kier molecular flexibility index (Phi) is 10.1. The van der Waals surface area contributed by atoms with Crippen molar-refractivity contribution in [1.29, 1.82) is 0 Å². The Morgan fingerprint density at radius 1 is 0.429 bits per heavy atom. The van der Waals surface area contributed by atoms with Crippen molar-refractivity contribution in [2.24, 2.45) is 0 Å². The van der Waals surface area contributed by atoms with Gasteiger partial charge in [0, 0.05) is 19.6 Å². The number of rotatable bonds is 10. The molecular formula is C28H30OS4Si2. The molecule has 0 atom stereocenters. The van der Waals surface area contributed by atoms with E-state index in [-0.39, 0.29) is 0 Å². The predicted octanol–water partition coefficient (Wildman–Crippen LogP) is 4.97. The van der Waals surface area contributed by atoms with Crippen molar-refractivity contribution in [1.82, 2.24) is 0 Å². The Hall–Kier alpha value is -1.33. The molecule has 0 aromatic heterocycles. The molecule has 7 heteroatoms. The Morgan fingerprint density at radius 3 is 0.914 bits per heavy atom. The molecule has 0 bridgehead atoms. The molecule has 0 aliphatic rings. The van der Waals surface area contributed by atoms with Crippen molar-refractivity contribution in [3.63, 3.8) is 0 Å². The van der Waals surface area contributed by atoms with E-state index in [9.17, 15) is 0 Å². The lowest BCUT2D eigenvalue weighted by atomic mass is 10.4. The van der Waals surface area contributed by atoms with Crippen LogP contribution in [0.5, 0.6) is 0 Å². The molecule has 4 aromatic carbocycles. The van der Waals surface area contributed by atoms with Crippen LogP contribution in [-0.4, -0.2) is 43.1 Å². The van der Waals surface area contributed by atoms with E-state index in [0.717, 1.165) is 0 Å². The molecule has 4 rings (SSSR count). The van der Waals surface area contributed by atoms with Crippen LogP contribution < -0.4 is 20.7 Å². The molecule has 4 aromatic rings. The molecule has 0 amide bonds. The Bertz CT molecular complexity index is 1070. The summed E-state index contributed by atoms with van der Waals surface area (Å²) in [6.07, 6.45) is 8.57. The fourth-order valence-electron chi connectivity index (χ4n) is 4.05. The molecule has 0 aliphatic heterocycles. The second kappa shape index (κ2) is 13.3. The minimum atomic E-state index is -1.96. The van der Waals surface area contributed by atoms with Crippen LogP contribution in [-0.2, 0) is 4.12 Å². The molecule has 35 heavy (non-hydrogen) atoms. The van der Waals surface area contributed by atoms with Gasteiger partial charge in [0.1, 0.15) is 0 Å². The van der Waals surface area contributed by atoms with Crippen LogP contribution in [0.4, 0.5) is 0 Å². The van der Waals surface area contributed by atoms with E-state index in [0.29, 0.717) is 0 Å². The van der Waals surface area contributed by atoms with Gasteiger partial charge in [0.05, 0.1) is 0 Å². The summed E-state index contributed by atoms with van der Waals surface area (Å²) < 4.78 is 7.43. The normalized spacial score (nSPS) is 11.4. The van der Waals surface area contributed by atoms with E-state index >= 15 is 0 Å². The van der Waals surface area contributed by atoms with Crippen molar-refractivity contribution < 1.29 is 4.12 Å². The van der Waals surface area contributed by atoms with Crippen LogP contribution in [0.3, 0.4) is 0 Å². The molecule has 0 N–H and O–H groups in total. The molecule has 0 spiro atoms. The SMILES string of the molecule is CSc1cccc([SiH](O[SiH](c2cccc(SC)c2)c2cccc(SC)c2)c2cccc(SC)c2)c1. The molecule has 0 radical (unpaired) electrons. The molecule has 0 fully saturated rings. The Morgan fingerprint density at radius 2 is 0.686 bits per heavy atom. The van der Waals surface area contributed by atoms with Crippen LogP contribution in [0, 0.1) is 0 Å². The summed E-state index contributed by atoms with van der Waals surface area (Å²) in [5.74, 6) is 0. The number of hydrogen-bond acceptors (Lipinski definition) is 5. The highest BCUT2D eigenvalue weighted by molar-refractivity contribution is 7.99. The zero-order chi connectivity index (χ0) is 24.6. The van der Waals surface area contributed by atoms with Crippen LogP contribution in [0.25, 0.3) is 0 Å². The van der Waals surface area contributed by atoms with Gasteiger partial charge in [-0.25, -0.2) is 0 Å². The summed E-state index contributed by atoms with van der Waals surface area (Å²) >= 11 is 7.17. The van der Waals surface area contributed by atoms with Crippen molar-refractivity contribution in [2.45, 2.75) is 19.6 Å². The summed E-state index contributed by atoms with van der Waals surface area (Å²) in [4.78, 5) is 5.15. The third-order valence-corrected chi connectivity index (χ3v) is 14.8. The van der Waals surface area contributed by atoms with E-state index in [1.54, 1.807) is 47.0 Å². The van der Waals surface area contributed by atoms with E-state index in [4.69, 9.17) is 4.12 Å². The highest BCUT2D eigenvalue weighted by Crippen LogP contribution is 2.17. The van der Waals surface area contributed by atoms with E-state index in [1.165, 1.54) is 40.3 Å². The first-order valence-corrected chi connectivity index (χ1v) is 19.5. The van der Waals surface area contributed by atoms with E-state index in [1.807, 2.05) is 0 Å². The Labute approximate surface area is 230 Å². The lowest BCUT2D eigenvalue weighted by molar-refractivity contribution is 0.633. The van der Waals surface area contributed by atoms with Gasteiger partial charge < -0.3 is 4.12 Å². The fraction of sp³-hybridized carbons (Fsp3) is 0.143. The molecule has 0 saturated heterocycles. The zero-order valence-electron chi connectivity index (χ0n) is 20.4. The van der Waals surface area contributed by atoms with Crippen molar-refractivity contribution >= 4 is 85.9 Å². The first-order chi connectivity index (χ1) is 17.1. The second-order valence-electron chi connectivity index (χ2n) is 8.00. The van der Waals surface area contributed by atoms with Gasteiger partial charge in [-0.3, -0.25) is 0 Å². The van der Waals surface area contributed by atoms with Gasteiger partial charge >= 0.3 is 0 Å². The zero-order valence-corrected chi connectivity index (χ0v) is 26.0. The summed E-state index contributed by atoms with van der Waals surface area (Å²) in [6, 6.07) is 35.9. The lowest BCUT2D eigenvalue weighted by Crippen LogP contribution is -2.56. The quantitative estimate of drug-likeness (QED) is 0.197. The first kappa shape index (κ1) is 26.7. The van der Waals surface area contributed by atoms with Gasteiger partial charge in [-0.15, -0.1) is 47.0 Å². The van der Waals surface area contributed by atoms with E-state index in [2.05, 4.69) is 122 Å². The molecule has 0 saturated carbocycles. The Balaban J connectivity index is 1.85. The van der Waals surface area contributed by atoms with Gasteiger partial charge in [-0.1, -0.05) is 48.5 Å². The number of thioether (sulfide) groups is 4. The van der Waals surface area contributed by atoms with Gasteiger partial charge in [-0.2, -0.15) is 0 Å². The summed E-state index contributed by atoms with van der Waals surface area (Å²) in [6.45, 7) is 0. The highest BCUT2D eigenvalue weighted by atomic mass is 32.2. The maximum absolute atomic E-state index is 7.43. The monoisotopic (exact) mass is 566 g/mol. The number of benzene rings is 4. The van der Waals surface area contributed by atoms with Crippen LogP contribution >= 0.6 is 47.0 Å². The maximum Gasteiger partial charge on any atom is 0.228 e. The molecule has 0 aliphatic carbocycles. The van der Waals surface area contributed by atoms with Crippen LogP contribution in [0.1, 0.15) is 0 Å². The van der Waals surface area contributed by atoms with Crippen molar-refractivity contribution in [3.05, 3.63) is 97.1 Å². The lowest BCUT2D eigenvalue weighted by Gasteiger charge is -2.26. The standard InChI is InChI=1S/C28H30OS4Si2/c1-30-21-9-5-13-25(17-21)34(26-14-6-10-22(18-26)31-2)29-35(27-15-7-11-23(19-27)32-3)28-16-8-12-24(20-28)33-4/h5-20,34-35H,1-4H3. The first-order valence-electron chi connectivity index (χ1n) is 11.4. The van der Waals surface area contributed by atoms with E-state index < -0.39 is 18.1 Å². The van der Waals surface area contributed by atoms with Gasteiger partial charge in [0.25, 0.3) is 0 Å². The topological polar surface area (TPSA) is 9.23 Å². The summed E-state index contributed by atoms with van der Waals surface area (Å²) in [5.41, 5.74) is 0. The third kappa shape index (κ3) is 6.92. The average molecular weight is 567 g/mol. The van der Waals surface area contributed by atoms with Crippen LogP contribution in [0.2, 0.25) is 0 Å². The smallest absolute Gasteiger partial charge is 0.228 e. The van der Waals surface area contributed by atoms with Gasteiger partial charge in [-0.05, 0) is 94.3 Å².